The van der Waals surface area contributed by atoms with Crippen molar-refractivity contribution in [1.82, 2.24) is 0 Å². The maximum Gasteiger partial charge on any atom is 0.195 e. The second-order valence-electron chi connectivity index (χ2n) is 4.70. The summed E-state index contributed by atoms with van der Waals surface area (Å²) in [6.07, 6.45) is 0. The Kier molecular flexibility index (Phi) is 2.72. The molecule has 1 heterocycles. The van der Waals surface area contributed by atoms with Gasteiger partial charge in [0.2, 0.25) is 0 Å². The first kappa shape index (κ1) is 12.9. The minimum atomic E-state index is -0.314. The molecule has 6 nitrogen and oxygen atoms in total. The predicted molar refractivity (Wildman–Crippen MR) is 85.6 cm³/mol. The maximum atomic E-state index is 12.3. The summed E-state index contributed by atoms with van der Waals surface area (Å²) < 4.78 is 5.74. The van der Waals surface area contributed by atoms with Gasteiger partial charge in [-0.2, -0.15) is 0 Å². The van der Waals surface area contributed by atoms with Crippen molar-refractivity contribution in [2.24, 2.45) is 0 Å². The molecule has 0 bridgehead atoms. The highest BCUT2D eigenvalue weighted by Gasteiger charge is 2.17. The SMILES string of the molecule is Nc1c(N)c(N)c2c(=O)cc(-c3ccccc3)oc2c1N. The van der Waals surface area contributed by atoms with Gasteiger partial charge in [0.15, 0.2) is 11.0 Å². The molecular weight excluding hydrogens is 268 g/mol. The average Bonchev–Trinajstić information content (AvgIpc) is 2.51. The minimum absolute atomic E-state index is 0.0880. The molecule has 0 saturated heterocycles. The molecule has 0 amide bonds. The highest BCUT2D eigenvalue weighted by Crippen LogP contribution is 2.38. The number of anilines is 4. The first-order chi connectivity index (χ1) is 10.0. The second-order valence-corrected chi connectivity index (χ2v) is 4.70. The summed E-state index contributed by atoms with van der Waals surface area (Å²) in [5, 5.41) is 0.152. The molecule has 6 heteroatoms. The number of benzene rings is 2. The molecule has 3 aromatic rings. The summed E-state index contributed by atoms with van der Waals surface area (Å²) in [7, 11) is 0. The summed E-state index contributed by atoms with van der Waals surface area (Å²) in [4.78, 5) is 12.3. The fourth-order valence-corrected chi connectivity index (χ4v) is 2.23. The van der Waals surface area contributed by atoms with Crippen LogP contribution in [0.3, 0.4) is 0 Å². The lowest BCUT2D eigenvalue weighted by Gasteiger charge is -2.12. The van der Waals surface area contributed by atoms with Gasteiger partial charge in [-0.1, -0.05) is 30.3 Å². The molecule has 3 rings (SSSR count). The van der Waals surface area contributed by atoms with E-state index in [4.69, 9.17) is 27.4 Å². The third kappa shape index (κ3) is 1.85. The van der Waals surface area contributed by atoms with Crippen molar-refractivity contribution in [3.05, 3.63) is 46.6 Å². The summed E-state index contributed by atoms with van der Waals surface area (Å²) in [5.41, 5.74) is 24.3. The summed E-state index contributed by atoms with van der Waals surface area (Å²) in [6, 6.07) is 10.6. The molecule has 0 saturated carbocycles. The maximum absolute atomic E-state index is 12.3. The Hall–Kier alpha value is -3.15. The largest absolute Gasteiger partial charge is 0.453 e. The normalized spacial score (nSPS) is 10.9. The number of fused-ring (bicyclic) bond motifs is 1. The van der Waals surface area contributed by atoms with Crippen LogP contribution in [0.1, 0.15) is 0 Å². The van der Waals surface area contributed by atoms with Gasteiger partial charge >= 0.3 is 0 Å². The van der Waals surface area contributed by atoms with E-state index in [1.54, 1.807) is 0 Å². The van der Waals surface area contributed by atoms with Gasteiger partial charge in [-0.15, -0.1) is 0 Å². The van der Waals surface area contributed by atoms with Crippen molar-refractivity contribution >= 4 is 33.7 Å². The van der Waals surface area contributed by atoms with E-state index < -0.39 is 0 Å². The quantitative estimate of drug-likeness (QED) is 0.502. The first-order valence-electron chi connectivity index (χ1n) is 6.26. The van der Waals surface area contributed by atoms with Crippen LogP contribution < -0.4 is 28.4 Å². The number of nitrogens with two attached hydrogens (primary N) is 4. The van der Waals surface area contributed by atoms with Gasteiger partial charge in [-0.3, -0.25) is 4.79 Å². The minimum Gasteiger partial charge on any atom is -0.453 e. The molecule has 1 aromatic heterocycles. The van der Waals surface area contributed by atoms with Gasteiger partial charge < -0.3 is 27.4 Å². The Labute approximate surface area is 119 Å². The van der Waals surface area contributed by atoms with E-state index in [-0.39, 0.29) is 39.1 Å². The van der Waals surface area contributed by atoms with Crippen LogP contribution in [0.15, 0.2) is 45.6 Å². The number of hydrogen-bond donors (Lipinski definition) is 4. The van der Waals surface area contributed by atoms with E-state index >= 15 is 0 Å². The third-order valence-corrected chi connectivity index (χ3v) is 3.39. The van der Waals surface area contributed by atoms with Gasteiger partial charge in [0, 0.05) is 11.6 Å². The van der Waals surface area contributed by atoms with Crippen molar-refractivity contribution in [3.8, 4) is 11.3 Å². The summed E-state index contributed by atoms with van der Waals surface area (Å²) in [5.74, 6) is 0.392. The molecule has 21 heavy (non-hydrogen) atoms. The molecule has 0 unspecified atom stereocenters. The number of hydrogen-bond acceptors (Lipinski definition) is 6. The molecule has 0 radical (unpaired) electrons. The van der Waals surface area contributed by atoms with Crippen LogP contribution in [0.4, 0.5) is 22.7 Å². The topological polar surface area (TPSA) is 134 Å². The molecule has 0 aliphatic heterocycles. The number of nitrogen functional groups attached to an aromatic ring is 4. The monoisotopic (exact) mass is 282 g/mol. The second kappa shape index (κ2) is 4.45. The van der Waals surface area contributed by atoms with Crippen LogP contribution in [-0.4, -0.2) is 0 Å². The molecular formula is C15H14N4O2. The van der Waals surface area contributed by atoms with Crippen LogP contribution in [0.2, 0.25) is 0 Å². The van der Waals surface area contributed by atoms with Gasteiger partial charge in [-0.25, -0.2) is 0 Å². The van der Waals surface area contributed by atoms with E-state index in [1.807, 2.05) is 30.3 Å². The highest BCUT2D eigenvalue weighted by atomic mass is 16.3. The van der Waals surface area contributed by atoms with Gasteiger partial charge in [0.1, 0.15) is 11.4 Å². The van der Waals surface area contributed by atoms with Crippen LogP contribution in [0, 0.1) is 0 Å². The predicted octanol–water partition coefficient (Wildman–Crippen LogP) is 1.79. The average molecular weight is 282 g/mol. The molecule has 0 aliphatic carbocycles. The van der Waals surface area contributed by atoms with E-state index in [9.17, 15) is 4.79 Å². The van der Waals surface area contributed by atoms with Crippen molar-refractivity contribution in [1.29, 1.82) is 0 Å². The first-order valence-corrected chi connectivity index (χ1v) is 6.26. The third-order valence-electron chi connectivity index (χ3n) is 3.39. The summed E-state index contributed by atoms with van der Waals surface area (Å²) >= 11 is 0. The van der Waals surface area contributed by atoms with Gasteiger partial charge in [0.25, 0.3) is 0 Å². The Morgan fingerprint density at radius 2 is 1.43 bits per heavy atom. The highest BCUT2D eigenvalue weighted by molar-refractivity contribution is 6.09. The Morgan fingerprint density at radius 3 is 2.10 bits per heavy atom. The van der Waals surface area contributed by atoms with Crippen LogP contribution >= 0.6 is 0 Å². The molecule has 0 spiro atoms. The van der Waals surface area contributed by atoms with Crippen molar-refractivity contribution < 1.29 is 4.42 Å². The van der Waals surface area contributed by atoms with Gasteiger partial charge in [0.05, 0.1) is 22.4 Å². The fraction of sp³-hybridized carbons (Fsp3) is 0. The molecule has 8 N–H and O–H groups in total. The Bertz CT molecular complexity index is 901. The zero-order chi connectivity index (χ0) is 15.1. The van der Waals surface area contributed by atoms with Crippen LogP contribution in [-0.2, 0) is 0 Å². The lowest BCUT2D eigenvalue weighted by atomic mass is 10.1. The van der Waals surface area contributed by atoms with Crippen molar-refractivity contribution in [2.45, 2.75) is 0 Å². The molecule has 0 fully saturated rings. The fourth-order valence-electron chi connectivity index (χ4n) is 2.23. The standard InChI is InChI=1S/C15H14N4O2/c16-11-10-8(20)6-9(7-4-2-1-3-5-7)21-15(10)14(19)13(18)12(11)17/h1-6H,16-19H2. The molecule has 106 valence electrons. The lowest BCUT2D eigenvalue weighted by Crippen LogP contribution is -2.11. The smallest absolute Gasteiger partial charge is 0.195 e. The number of rotatable bonds is 1. The van der Waals surface area contributed by atoms with Gasteiger partial charge in [-0.05, 0) is 0 Å². The summed E-state index contributed by atoms with van der Waals surface area (Å²) in [6.45, 7) is 0. The zero-order valence-electron chi connectivity index (χ0n) is 11.1. The van der Waals surface area contributed by atoms with Crippen molar-refractivity contribution in [2.75, 3.05) is 22.9 Å². The molecule has 0 aliphatic rings. The zero-order valence-corrected chi connectivity index (χ0v) is 11.1. The van der Waals surface area contributed by atoms with E-state index in [0.717, 1.165) is 5.56 Å². The van der Waals surface area contributed by atoms with E-state index in [0.29, 0.717) is 5.76 Å². The van der Waals surface area contributed by atoms with E-state index in [2.05, 4.69) is 0 Å². The molecule has 0 atom stereocenters. The van der Waals surface area contributed by atoms with Crippen LogP contribution in [0.5, 0.6) is 0 Å². The van der Waals surface area contributed by atoms with E-state index in [1.165, 1.54) is 6.07 Å². The Morgan fingerprint density at radius 1 is 0.810 bits per heavy atom. The molecule has 2 aromatic carbocycles. The lowest BCUT2D eigenvalue weighted by molar-refractivity contribution is 0.620. The van der Waals surface area contributed by atoms with Crippen molar-refractivity contribution in [3.63, 3.8) is 0 Å². The Balaban J connectivity index is 2.43. The van der Waals surface area contributed by atoms with Crippen LogP contribution in [0.25, 0.3) is 22.3 Å².